The second-order valence-electron chi connectivity index (χ2n) is 3.31. The van der Waals surface area contributed by atoms with E-state index < -0.39 is 18.8 Å². The maximum Gasteiger partial charge on any atom is 0.125 e. The van der Waals surface area contributed by atoms with E-state index in [1.165, 1.54) is 0 Å². The zero-order valence-corrected chi connectivity index (χ0v) is 10.5. The molecular weight excluding hydrogens is 276 g/mol. The topological polar surface area (TPSA) is 69.9 Å². The summed E-state index contributed by atoms with van der Waals surface area (Å²) in [5, 5.41) is 28.0. The number of aliphatic hydroxyl groups excluding tert-OH is 3. The second-order valence-corrected chi connectivity index (χ2v) is 4.23. The Morgan fingerprint density at radius 2 is 2.06 bits per heavy atom. The molecule has 1 rings (SSSR count). The molecular formula is C11H15BrO4. The molecule has 16 heavy (non-hydrogen) atoms. The van der Waals surface area contributed by atoms with E-state index in [0.717, 1.165) is 4.47 Å². The van der Waals surface area contributed by atoms with Gasteiger partial charge in [0.15, 0.2) is 0 Å². The number of rotatable bonds is 5. The van der Waals surface area contributed by atoms with Crippen molar-refractivity contribution >= 4 is 15.9 Å². The normalized spacial score (nSPS) is 14.6. The number of aliphatic hydroxyl groups is 3. The van der Waals surface area contributed by atoms with E-state index in [9.17, 15) is 10.2 Å². The predicted molar refractivity (Wildman–Crippen MR) is 63.4 cm³/mol. The van der Waals surface area contributed by atoms with Gasteiger partial charge in [-0.05, 0) is 25.1 Å². The van der Waals surface area contributed by atoms with Crippen LogP contribution in [0.3, 0.4) is 0 Å². The predicted octanol–water partition coefficient (Wildman–Crippen LogP) is 1.23. The first kappa shape index (κ1) is 13.4. The summed E-state index contributed by atoms with van der Waals surface area (Å²) < 4.78 is 6.11. The van der Waals surface area contributed by atoms with E-state index in [1.807, 2.05) is 6.92 Å². The van der Waals surface area contributed by atoms with Crippen LogP contribution in [0.25, 0.3) is 0 Å². The highest BCUT2D eigenvalue weighted by Crippen LogP contribution is 2.30. The molecule has 3 N–H and O–H groups in total. The fraction of sp³-hybridized carbons (Fsp3) is 0.455. The van der Waals surface area contributed by atoms with Crippen molar-refractivity contribution in [1.29, 1.82) is 0 Å². The van der Waals surface area contributed by atoms with Crippen molar-refractivity contribution in [2.24, 2.45) is 0 Å². The Labute approximate surface area is 103 Å². The quantitative estimate of drug-likeness (QED) is 0.763. The largest absolute Gasteiger partial charge is 0.493 e. The van der Waals surface area contributed by atoms with Crippen LogP contribution in [0.4, 0.5) is 0 Å². The zero-order valence-electron chi connectivity index (χ0n) is 8.93. The molecule has 0 spiro atoms. The third-order valence-corrected chi connectivity index (χ3v) is 2.64. The van der Waals surface area contributed by atoms with Gasteiger partial charge in [-0.1, -0.05) is 15.9 Å². The summed E-state index contributed by atoms with van der Waals surface area (Å²) in [4.78, 5) is 0. The van der Waals surface area contributed by atoms with E-state index in [4.69, 9.17) is 9.84 Å². The molecule has 5 heteroatoms. The lowest BCUT2D eigenvalue weighted by Gasteiger charge is -2.19. The first-order valence-electron chi connectivity index (χ1n) is 4.99. The summed E-state index contributed by atoms with van der Waals surface area (Å²) in [6.45, 7) is 1.80. The van der Waals surface area contributed by atoms with Gasteiger partial charge in [0.2, 0.25) is 0 Å². The maximum absolute atomic E-state index is 9.81. The van der Waals surface area contributed by atoms with E-state index >= 15 is 0 Å². The number of ether oxygens (including phenoxy) is 1. The molecule has 1 aromatic carbocycles. The van der Waals surface area contributed by atoms with E-state index in [2.05, 4.69) is 15.9 Å². The molecule has 2 unspecified atom stereocenters. The third kappa shape index (κ3) is 3.18. The van der Waals surface area contributed by atoms with Crippen LogP contribution in [0, 0.1) is 0 Å². The van der Waals surface area contributed by atoms with Crippen molar-refractivity contribution < 1.29 is 20.1 Å². The van der Waals surface area contributed by atoms with Gasteiger partial charge in [0.25, 0.3) is 0 Å². The van der Waals surface area contributed by atoms with Crippen molar-refractivity contribution in [3.05, 3.63) is 28.2 Å². The van der Waals surface area contributed by atoms with Crippen LogP contribution < -0.4 is 4.74 Å². The minimum atomic E-state index is -1.21. The highest BCUT2D eigenvalue weighted by Gasteiger charge is 2.21. The van der Waals surface area contributed by atoms with Crippen LogP contribution in [-0.2, 0) is 0 Å². The summed E-state index contributed by atoms with van der Waals surface area (Å²) in [6, 6.07) is 5.15. The van der Waals surface area contributed by atoms with Gasteiger partial charge in [-0.3, -0.25) is 0 Å². The van der Waals surface area contributed by atoms with Gasteiger partial charge in [0.1, 0.15) is 18.0 Å². The Kier molecular flexibility index (Phi) is 5.21. The van der Waals surface area contributed by atoms with Crippen LogP contribution in [0.1, 0.15) is 18.6 Å². The van der Waals surface area contributed by atoms with Crippen LogP contribution in [-0.4, -0.2) is 34.6 Å². The average Bonchev–Trinajstić information content (AvgIpc) is 2.29. The Balaban J connectivity index is 3.03. The third-order valence-electron chi connectivity index (χ3n) is 2.14. The fourth-order valence-electron chi connectivity index (χ4n) is 1.34. The lowest BCUT2D eigenvalue weighted by atomic mass is 10.0. The van der Waals surface area contributed by atoms with Gasteiger partial charge in [-0.15, -0.1) is 0 Å². The molecule has 4 nitrogen and oxygen atoms in total. The van der Waals surface area contributed by atoms with Gasteiger partial charge in [0.05, 0.1) is 13.2 Å². The van der Waals surface area contributed by atoms with Gasteiger partial charge in [-0.2, -0.15) is 0 Å². The monoisotopic (exact) mass is 290 g/mol. The molecule has 0 heterocycles. The Bertz CT molecular complexity index is 343. The Morgan fingerprint density at radius 3 is 2.62 bits per heavy atom. The smallest absolute Gasteiger partial charge is 0.125 e. The van der Waals surface area contributed by atoms with Crippen LogP contribution in [0.2, 0.25) is 0 Å². The summed E-state index contributed by atoms with van der Waals surface area (Å²) >= 11 is 3.28. The lowest BCUT2D eigenvalue weighted by molar-refractivity contribution is -0.0164. The van der Waals surface area contributed by atoms with Crippen LogP contribution in [0.5, 0.6) is 5.75 Å². The summed E-state index contributed by atoms with van der Waals surface area (Å²) in [7, 11) is 0. The first-order chi connectivity index (χ1) is 7.60. The lowest BCUT2D eigenvalue weighted by Crippen LogP contribution is -2.22. The molecule has 0 aromatic heterocycles. The summed E-state index contributed by atoms with van der Waals surface area (Å²) in [5.41, 5.74) is 0.456. The molecule has 0 bridgehead atoms. The fourth-order valence-corrected chi connectivity index (χ4v) is 1.72. The van der Waals surface area contributed by atoms with E-state index in [1.54, 1.807) is 18.2 Å². The molecule has 0 aliphatic heterocycles. The van der Waals surface area contributed by atoms with Crippen molar-refractivity contribution in [3.8, 4) is 5.75 Å². The Hall–Kier alpha value is -0.620. The molecule has 0 saturated carbocycles. The van der Waals surface area contributed by atoms with Crippen molar-refractivity contribution in [3.63, 3.8) is 0 Å². The standard InChI is InChI=1S/C11H15BrO4/c1-2-16-10-4-3-7(12)5-8(10)11(15)9(14)6-13/h3-5,9,11,13-15H,2,6H2,1H3. The van der Waals surface area contributed by atoms with Crippen molar-refractivity contribution in [2.75, 3.05) is 13.2 Å². The van der Waals surface area contributed by atoms with Gasteiger partial charge >= 0.3 is 0 Å². The van der Waals surface area contributed by atoms with E-state index in [0.29, 0.717) is 17.9 Å². The number of hydrogen-bond donors (Lipinski definition) is 3. The number of halogens is 1. The molecule has 0 aliphatic rings. The zero-order chi connectivity index (χ0) is 12.1. The molecule has 0 fully saturated rings. The van der Waals surface area contributed by atoms with Crippen molar-refractivity contribution in [2.45, 2.75) is 19.1 Å². The average molecular weight is 291 g/mol. The number of benzene rings is 1. The van der Waals surface area contributed by atoms with Crippen LogP contribution in [0.15, 0.2) is 22.7 Å². The molecule has 1 aromatic rings. The summed E-state index contributed by atoms with van der Waals surface area (Å²) in [6.07, 6.45) is -2.38. The van der Waals surface area contributed by atoms with E-state index in [-0.39, 0.29) is 0 Å². The molecule has 0 saturated heterocycles. The molecule has 2 atom stereocenters. The highest BCUT2D eigenvalue weighted by molar-refractivity contribution is 9.10. The maximum atomic E-state index is 9.81. The Morgan fingerprint density at radius 1 is 1.38 bits per heavy atom. The van der Waals surface area contributed by atoms with Gasteiger partial charge in [0, 0.05) is 10.0 Å². The highest BCUT2D eigenvalue weighted by atomic mass is 79.9. The number of hydrogen-bond acceptors (Lipinski definition) is 4. The minimum absolute atomic E-state index is 0.456. The van der Waals surface area contributed by atoms with Crippen LogP contribution >= 0.6 is 15.9 Å². The minimum Gasteiger partial charge on any atom is -0.493 e. The van der Waals surface area contributed by atoms with Gasteiger partial charge < -0.3 is 20.1 Å². The molecule has 90 valence electrons. The first-order valence-corrected chi connectivity index (χ1v) is 5.78. The van der Waals surface area contributed by atoms with Crippen molar-refractivity contribution in [1.82, 2.24) is 0 Å². The molecule has 0 aliphatic carbocycles. The second kappa shape index (κ2) is 6.20. The summed E-state index contributed by atoms with van der Waals surface area (Å²) in [5.74, 6) is 0.505. The SMILES string of the molecule is CCOc1ccc(Br)cc1C(O)C(O)CO. The molecule has 0 amide bonds. The van der Waals surface area contributed by atoms with Gasteiger partial charge in [-0.25, -0.2) is 0 Å². The molecule has 0 radical (unpaired) electrons.